The topological polar surface area (TPSA) is 52.6 Å². The van der Waals surface area contributed by atoms with Crippen LogP contribution in [0.25, 0.3) is 0 Å². The lowest BCUT2D eigenvalue weighted by molar-refractivity contribution is -0.144. The van der Waals surface area contributed by atoms with Crippen molar-refractivity contribution in [2.75, 3.05) is 13.2 Å². The Morgan fingerprint density at radius 1 is 0.810 bits per heavy atom. The van der Waals surface area contributed by atoms with Crippen LogP contribution < -0.4 is 0 Å². The Morgan fingerprint density at radius 3 is 1.52 bits per heavy atom. The monoisotopic (exact) mass is 340 g/mol. The predicted octanol–water partition coefficient (Wildman–Crippen LogP) is 4.06. The average molecular weight is 341 g/mol. The van der Waals surface area contributed by atoms with E-state index >= 15 is 0 Å². The molecule has 21 heavy (non-hydrogen) atoms. The van der Waals surface area contributed by atoms with E-state index in [2.05, 4.69) is 0 Å². The van der Waals surface area contributed by atoms with E-state index in [4.69, 9.17) is 32.7 Å². The Morgan fingerprint density at radius 2 is 1.19 bits per heavy atom. The first-order chi connectivity index (χ1) is 9.99. The highest BCUT2D eigenvalue weighted by atomic mass is 35.5. The number of rotatable bonds is 12. The summed E-state index contributed by atoms with van der Waals surface area (Å²) < 4.78 is 10.1. The van der Waals surface area contributed by atoms with Gasteiger partial charge in [0, 0.05) is 10.8 Å². The molecule has 0 aromatic carbocycles. The highest BCUT2D eigenvalue weighted by Gasteiger charge is 2.11. The van der Waals surface area contributed by atoms with Crippen LogP contribution in [0.3, 0.4) is 0 Å². The van der Waals surface area contributed by atoms with Gasteiger partial charge in [0.05, 0.1) is 26.1 Å². The first-order valence-corrected chi connectivity index (χ1v) is 8.46. The van der Waals surface area contributed by atoms with Crippen molar-refractivity contribution in [2.45, 2.75) is 69.5 Å². The van der Waals surface area contributed by atoms with E-state index in [1.165, 1.54) is 0 Å². The molecular formula is C15H26Cl2O4. The van der Waals surface area contributed by atoms with Gasteiger partial charge in [0.15, 0.2) is 0 Å². The molecule has 0 heterocycles. The lowest BCUT2D eigenvalue weighted by Gasteiger charge is -2.08. The molecule has 2 unspecified atom stereocenters. The molecule has 0 aliphatic carbocycles. The molecule has 0 aliphatic heterocycles. The average Bonchev–Trinajstić information content (AvgIpc) is 2.45. The molecule has 0 spiro atoms. The van der Waals surface area contributed by atoms with Gasteiger partial charge in [0.1, 0.15) is 0 Å². The number of carbonyl (C=O) groups excluding carboxylic acids is 2. The minimum absolute atomic E-state index is 0.147. The van der Waals surface area contributed by atoms with Crippen LogP contribution in [0.15, 0.2) is 0 Å². The zero-order valence-corrected chi connectivity index (χ0v) is 14.4. The molecule has 124 valence electrons. The lowest BCUT2D eigenvalue weighted by atomic mass is 10.2. The van der Waals surface area contributed by atoms with Gasteiger partial charge in [0.2, 0.25) is 0 Å². The van der Waals surface area contributed by atoms with E-state index in [1.807, 2.05) is 13.8 Å². The highest BCUT2D eigenvalue weighted by Crippen LogP contribution is 2.09. The second kappa shape index (κ2) is 13.2. The van der Waals surface area contributed by atoms with Crippen molar-refractivity contribution >= 4 is 35.1 Å². The van der Waals surface area contributed by atoms with Crippen LogP contribution in [0, 0.1) is 0 Å². The van der Waals surface area contributed by atoms with Crippen molar-refractivity contribution in [3.8, 4) is 0 Å². The van der Waals surface area contributed by atoms with Crippen LogP contribution in [0.4, 0.5) is 0 Å². The standard InChI is InChI=1S/C15H26Cl2O4/c1-3-12(16)10-14(18)20-8-6-5-7-9-21-15(19)11-13(17)4-2/h12-13H,3-11H2,1-2H3. The minimum atomic E-state index is -0.254. The fourth-order valence-electron chi connectivity index (χ4n) is 1.52. The van der Waals surface area contributed by atoms with Crippen molar-refractivity contribution in [2.24, 2.45) is 0 Å². The molecule has 0 saturated heterocycles. The van der Waals surface area contributed by atoms with E-state index < -0.39 is 0 Å². The van der Waals surface area contributed by atoms with Gasteiger partial charge in [-0.25, -0.2) is 0 Å². The van der Waals surface area contributed by atoms with Crippen LogP contribution in [0.1, 0.15) is 58.8 Å². The molecule has 0 aromatic heterocycles. The number of hydrogen-bond donors (Lipinski definition) is 0. The van der Waals surface area contributed by atoms with Crippen molar-refractivity contribution in [1.82, 2.24) is 0 Å². The molecular weight excluding hydrogens is 315 g/mol. The number of hydrogen-bond acceptors (Lipinski definition) is 4. The van der Waals surface area contributed by atoms with Gasteiger partial charge in [-0.3, -0.25) is 9.59 Å². The highest BCUT2D eigenvalue weighted by molar-refractivity contribution is 6.21. The number of ether oxygens (including phenoxy) is 2. The summed E-state index contributed by atoms with van der Waals surface area (Å²) in [5, 5.41) is -0.295. The van der Waals surface area contributed by atoms with Crippen LogP contribution >= 0.6 is 23.2 Å². The summed E-state index contributed by atoms with van der Waals surface area (Å²) in [6.07, 6.45) is 4.38. The third kappa shape index (κ3) is 12.9. The normalized spacial score (nSPS) is 13.5. The van der Waals surface area contributed by atoms with Gasteiger partial charge in [-0.15, -0.1) is 23.2 Å². The van der Waals surface area contributed by atoms with E-state index in [0.29, 0.717) is 13.2 Å². The summed E-state index contributed by atoms with van der Waals surface area (Å²) in [7, 11) is 0. The predicted molar refractivity (Wildman–Crippen MR) is 84.9 cm³/mol. The van der Waals surface area contributed by atoms with Crippen LogP contribution in [-0.4, -0.2) is 35.9 Å². The quantitative estimate of drug-likeness (QED) is 0.305. The Bertz CT molecular complexity index is 269. The summed E-state index contributed by atoms with van der Waals surface area (Å²) in [5.74, 6) is -0.507. The second-order valence-electron chi connectivity index (χ2n) is 4.92. The molecule has 0 radical (unpaired) electrons. The van der Waals surface area contributed by atoms with Crippen LogP contribution in [0.2, 0.25) is 0 Å². The Kier molecular flexibility index (Phi) is 12.9. The summed E-state index contributed by atoms with van der Waals surface area (Å²) >= 11 is 11.7. The SMILES string of the molecule is CCC(Cl)CC(=O)OCCCCCOC(=O)CC(Cl)CC. The number of halogens is 2. The van der Waals surface area contributed by atoms with E-state index in [9.17, 15) is 9.59 Å². The van der Waals surface area contributed by atoms with Crippen molar-refractivity contribution in [1.29, 1.82) is 0 Å². The lowest BCUT2D eigenvalue weighted by Crippen LogP contribution is -2.12. The first-order valence-electron chi connectivity index (χ1n) is 7.58. The van der Waals surface area contributed by atoms with Crippen LogP contribution in [-0.2, 0) is 19.1 Å². The second-order valence-corrected chi connectivity index (χ2v) is 6.16. The zero-order valence-electron chi connectivity index (χ0n) is 12.9. The Hall–Kier alpha value is -0.480. The van der Waals surface area contributed by atoms with E-state index in [1.54, 1.807) is 0 Å². The van der Waals surface area contributed by atoms with Crippen molar-refractivity contribution in [3.63, 3.8) is 0 Å². The number of carbonyl (C=O) groups is 2. The fourth-order valence-corrected chi connectivity index (χ4v) is 1.77. The minimum Gasteiger partial charge on any atom is -0.466 e. The summed E-state index contributed by atoms with van der Waals surface area (Å²) in [6.45, 7) is 4.64. The molecule has 0 rings (SSSR count). The van der Waals surface area contributed by atoms with E-state index in [-0.39, 0.29) is 35.5 Å². The molecule has 6 heteroatoms. The van der Waals surface area contributed by atoms with Gasteiger partial charge in [-0.1, -0.05) is 13.8 Å². The van der Waals surface area contributed by atoms with Crippen molar-refractivity contribution in [3.05, 3.63) is 0 Å². The van der Waals surface area contributed by atoms with Gasteiger partial charge < -0.3 is 9.47 Å². The molecule has 4 nitrogen and oxygen atoms in total. The Labute approximate surface area is 137 Å². The molecule has 0 N–H and O–H groups in total. The summed E-state index contributed by atoms with van der Waals surface area (Å²) in [6, 6.07) is 0. The smallest absolute Gasteiger partial charge is 0.307 e. The molecule has 0 aromatic rings. The largest absolute Gasteiger partial charge is 0.466 e. The third-order valence-corrected chi connectivity index (χ3v) is 3.90. The van der Waals surface area contributed by atoms with Gasteiger partial charge >= 0.3 is 11.9 Å². The maximum absolute atomic E-state index is 11.3. The van der Waals surface area contributed by atoms with Crippen LogP contribution in [0.5, 0.6) is 0 Å². The van der Waals surface area contributed by atoms with Gasteiger partial charge in [-0.2, -0.15) is 0 Å². The maximum Gasteiger partial charge on any atom is 0.307 e. The molecule has 0 aliphatic rings. The molecule has 2 atom stereocenters. The molecule has 0 saturated carbocycles. The fraction of sp³-hybridized carbons (Fsp3) is 0.867. The van der Waals surface area contributed by atoms with Gasteiger partial charge in [0.25, 0.3) is 0 Å². The first kappa shape index (κ1) is 20.5. The Balaban J connectivity index is 3.40. The number of unbranched alkanes of at least 4 members (excludes halogenated alkanes) is 2. The van der Waals surface area contributed by atoms with Gasteiger partial charge in [-0.05, 0) is 32.1 Å². The summed E-state index contributed by atoms with van der Waals surface area (Å²) in [4.78, 5) is 22.7. The molecule has 0 bridgehead atoms. The number of esters is 2. The number of alkyl halides is 2. The third-order valence-electron chi connectivity index (χ3n) is 2.98. The summed E-state index contributed by atoms with van der Waals surface area (Å²) in [5.41, 5.74) is 0. The maximum atomic E-state index is 11.3. The molecule has 0 fully saturated rings. The zero-order chi connectivity index (χ0) is 16.1. The van der Waals surface area contributed by atoms with Crippen molar-refractivity contribution < 1.29 is 19.1 Å². The molecule has 0 amide bonds. The van der Waals surface area contributed by atoms with E-state index in [0.717, 1.165) is 32.1 Å².